The van der Waals surface area contributed by atoms with Crippen LogP contribution in [0, 0.1) is 61.8 Å². The van der Waals surface area contributed by atoms with Gasteiger partial charge in [-0.1, -0.05) is 0 Å². The predicted molar refractivity (Wildman–Crippen MR) is 33.7 cm³/mol. The monoisotopic (exact) mass is 214 g/mol. The molecule has 7 heteroatoms. The molecule has 0 rings (SSSR count). The van der Waals surface area contributed by atoms with Gasteiger partial charge in [-0.15, -0.1) is 0 Å². The molecule has 13 heavy (non-hydrogen) atoms. The first-order valence-electron chi connectivity index (χ1n) is 2.29. The van der Waals surface area contributed by atoms with E-state index < -0.39 is 10.3 Å². The van der Waals surface area contributed by atoms with Gasteiger partial charge >= 0.3 is 72.1 Å². The Bertz CT molecular complexity index is 387. The summed E-state index contributed by atoms with van der Waals surface area (Å²) in [6.07, 6.45) is 0. The van der Waals surface area contributed by atoms with Gasteiger partial charge in [-0.3, -0.25) is 0 Å². The summed E-state index contributed by atoms with van der Waals surface area (Å²) in [5.74, 6) is 0. The zero-order chi connectivity index (χ0) is 10.7. The summed E-state index contributed by atoms with van der Waals surface area (Å²) >= 11 is 0. The van der Waals surface area contributed by atoms with E-state index in [2.05, 4.69) is 0 Å². The number of hydrogen-bond donors (Lipinski definition) is 0. The van der Waals surface area contributed by atoms with Crippen LogP contribution >= 0.6 is 0 Å². The van der Waals surface area contributed by atoms with Gasteiger partial charge in [0, 0.05) is 0 Å². The van der Waals surface area contributed by atoms with Crippen molar-refractivity contribution in [1.82, 2.24) is 0 Å². The number of nitrogens with zero attached hydrogens (tertiary/aromatic N) is 6. The second kappa shape index (κ2) is 1.97. The summed E-state index contributed by atoms with van der Waals surface area (Å²) in [7, 11) is -5.90. The van der Waals surface area contributed by atoms with Gasteiger partial charge in [-0.25, -0.2) is 0 Å². The second-order valence-corrected chi connectivity index (χ2v) is 6.64. The van der Waals surface area contributed by atoms with Crippen LogP contribution in [0.1, 0.15) is 0 Å². The molecular formula is C6N6Ni. The Morgan fingerprint density at radius 3 is 0.615 bits per heavy atom. The maximum atomic E-state index is 8.57. The molecule has 0 atom stereocenters. The summed E-state index contributed by atoms with van der Waals surface area (Å²) in [6, 6.07) is 0. The van der Waals surface area contributed by atoms with Gasteiger partial charge in [0.1, 0.15) is 0 Å². The van der Waals surface area contributed by atoms with E-state index in [4.69, 9.17) is 31.6 Å². The molecular weight excluding hydrogens is 215 g/mol. The fraction of sp³-hybridized carbons (Fsp3) is 0. The Kier molecular flexibility index (Phi) is 1.58. The van der Waals surface area contributed by atoms with Crippen LogP contribution in [0.2, 0.25) is 0 Å². The van der Waals surface area contributed by atoms with E-state index in [-0.39, 0.29) is 0 Å². The molecule has 0 heterocycles. The third-order valence-electron chi connectivity index (χ3n) is 1.06. The van der Waals surface area contributed by atoms with Gasteiger partial charge in [-0.2, -0.15) is 0 Å². The summed E-state index contributed by atoms with van der Waals surface area (Å²) in [4.78, 5) is 0. The van der Waals surface area contributed by atoms with Gasteiger partial charge in [0.2, 0.25) is 0 Å². The molecule has 0 aliphatic heterocycles. The summed E-state index contributed by atoms with van der Waals surface area (Å²) in [5, 5.41) is 57.5. The predicted octanol–water partition coefficient (Wildman–Crippen LogP) is 0.0982. The van der Waals surface area contributed by atoms with E-state index in [0.29, 0.717) is 0 Å². The van der Waals surface area contributed by atoms with Crippen LogP contribution in [0.5, 0.6) is 0 Å². The topological polar surface area (TPSA) is 143 Å². The SMILES string of the molecule is N#[C][Ni]([C]#N)([C]#N)([C]#N)([C]#N)[C]#N. The van der Waals surface area contributed by atoms with E-state index >= 15 is 0 Å². The van der Waals surface area contributed by atoms with E-state index in [1.54, 1.807) is 0 Å². The van der Waals surface area contributed by atoms with Crippen molar-refractivity contribution in [2.75, 3.05) is 0 Å². The molecule has 6 nitrogen and oxygen atoms in total. The zero-order valence-electron chi connectivity index (χ0n) is 6.00. The minimum atomic E-state index is -5.90. The Balaban J connectivity index is 6.92. The number of rotatable bonds is 0. The molecule has 64 valence electrons. The fourth-order valence-corrected chi connectivity index (χ4v) is 0.978. The van der Waals surface area contributed by atoms with Crippen LogP contribution < -0.4 is 0 Å². The molecule has 0 unspecified atom stereocenters. The second-order valence-electron chi connectivity index (χ2n) is 1.61. The van der Waals surface area contributed by atoms with Gasteiger partial charge in [0.25, 0.3) is 0 Å². The molecule has 0 amide bonds. The Morgan fingerprint density at radius 2 is 0.615 bits per heavy atom. The summed E-state index contributed by atoms with van der Waals surface area (Å²) in [6.45, 7) is 0. The molecule has 0 aliphatic rings. The molecule has 0 radical (unpaired) electrons. The molecule has 0 bridgehead atoms. The van der Waals surface area contributed by atoms with Crippen molar-refractivity contribution >= 4 is 0 Å². The molecule has 0 saturated carbocycles. The van der Waals surface area contributed by atoms with Crippen LogP contribution in [-0.2, 0) is 10.3 Å². The van der Waals surface area contributed by atoms with E-state index in [1.807, 2.05) is 0 Å². The number of nitriles is 6. The van der Waals surface area contributed by atoms with E-state index in [1.165, 1.54) is 0 Å². The van der Waals surface area contributed by atoms with Gasteiger partial charge in [0.15, 0.2) is 0 Å². The average molecular weight is 215 g/mol. The fourth-order valence-electron chi connectivity index (χ4n) is 0.237. The minimum absolute atomic E-state index is 1.01. The van der Waals surface area contributed by atoms with Gasteiger partial charge in [-0.05, 0) is 0 Å². The molecule has 0 aromatic rings. The molecule has 0 aliphatic carbocycles. The summed E-state index contributed by atoms with van der Waals surface area (Å²) < 4.78 is 0. The first-order chi connectivity index (χ1) is 5.97. The molecule has 0 aromatic heterocycles. The molecule has 0 spiro atoms. The van der Waals surface area contributed by atoms with Crippen molar-refractivity contribution in [2.24, 2.45) is 0 Å². The van der Waals surface area contributed by atoms with Gasteiger partial charge in [0.05, 0.1) is 0 Å². The average Bonchev–Trinajstić information content (AvgIpc) is 2.26. The molecule has 0 N–H and O–H groups in total. The van der Waals surface area contributed by atoms with E-state index in [0.717, 1.165) is 30.2 Å². The van der Waals surface area contributed by atoms with Crippen molar-refractivity contribution in [1.29, 1.82) is 31.6 Å². The van der Waals surface area contributed by atoms with Crippen molar-refractivity contribution < 1.29 is 10.3 Å². The normalized spacial score (nSPS) is 13.4. The molecule has 0 saturated heterocycles. The van der Waals surface area contributed by atoms with Crippen LogP contribution in [0.4, 0.5) is 0 Å². The third kappa shape index (κ3) is 0.693. The standard InChI is InChI=1S/6CN.Ni/c6*1-2;. The molecule has 0 aromatic carbocycles. The third-order valence-corrected chi connectivity index (χ3v) is 4.37. The van der Waals surface area contributed by atoms with Gasteiger partial charge < -0.3 is 0 Å². The van der Waals surface area contributed by atoms with Crippen LogP contribution in [0.15, 0.2) is 0 Å². The Hall–Kier alpha value is -2.57. The number of hydrogen-bond acceptors (Lipinski definition) is 6. The van der Waals surface area contributed by atoms with Crippen LogP contribution in [0.25, 0.3) is 0 Å². The quantitative estimate of drug-likeness (QED) is 0.523. The van der Waals surface area contributed by atoms with E-state index in [9.17, 15) is 0 Å². The zero-order valence-corrected chi connectivity index (χ0v) is 6.99. The summed E-state index contributed by atoms with van der Waals surface area (Å²) in [5.41, 5.74) is 0. The van der Waals surface area contributed by atoms with Crippen molar-refractivity contribution in [3.63, 3.8) is 0 Å². The first-order valence-corrected chi connectivity index (χ1v) is 5.25. The first kappa shape index (κ1) is 10.4. The van der Waals surface area contributed by atoms with Crippen LogP contribution in [-0.4, -0.2) is 0 Å². The van der Waals surface area contributed by atoms with Crippen molar-refractivity contribution in [3.05, 3.63) is 0 Å². The van der Waals surface area contributed by atoms with Crippen molar-refractivity contribution in [3.8, 4) is 30.2 Å². The Morgan fingerprint density at radius 1 is 0.462 bits per heavy atom. The molecule has 0 fully saturated rings. The Labute approximate surface area is 72.6 Å². The van der Waals surface area contributed by atoms with Crippen LogP contribution in [0.3, 0.4) is 0 Å². The van der Waals surface area contributed by atoms with Crippen molar-refractivity contribution in [2.45, 2.75) is 0 Å². The maximum absolute atomic E-state index is 8.57.